The standard InChI is InChI=1S/C13H11BrFN3O2/c1-18-11(13(16)20)5-8(6-12(18)19)17-10-3-2-7(14)4-9(10)15/h2-6,17H,1H3,(H2,16,20). The molecule has 2 rings (SSSR count). The molecule has 0 spiro atoms. The Morgan fingerprint density at radius 3 is 2.65 bits per heavy atom. The molecule has 7 heteroatoms. The van der Waals surface area contributed by atoms with E-state index in [2.05, 4.69) is 21.2 Å². The molecule has 0 aliphatic heterocycles. The summed E-state index contributed by atoms with van der Waals surface area (Å²) in [7, 11) is 1.44. The maximum absolute atomic E-state index is 13.7. The predicted molar refractivity (Wildman–Crippen MR) is 77.6 cm³/mol. The van der Waals surface area contributed by atoms with E-state index in [4.69, 9.17) is 5.73 Å². The third-order valence-corrected chi connectivity index (χ3v) is 3.22. The van der Waals surface area contributed by atoms with E-state index in [-0.39, 0.29) is 11.4 Å². The van der Waals surface area contributed by atoms with E-state index in [0.29, 0.717) is 10.2 Å². The van der Waals surface area contributed by atoms with Crippen LogP contribution in [0.25, 0.3) is 0 Å². The van der Waals surface area contributed by atoms with Crippen molar-refractivity contribution in [3.8, 4) is 0 Å². The van der Waals surface area contributed by atoms with Gasteiger partial charge in [-0.3, -0.25) is 9.59 Å². The number of carbonyl (C=O) groups is 1. The van der Waals surface area contributed by atoms with Gasteiger partial charge in [-0.05, 0) is 24.3 Å². The zero-order valence-corrected chi connectivity index (χ0v) is 12.1. The van der Waals surface area contributed by atoms with Gasteiger partial charge in [0.2, 0.25) is 0 Å². The number of nitrogens with one attached hydrogen (secondary N) is 1. The molecule has 2 aromatic rings. The highest BCUT2D eigenvalue weighted by molar-refractivity contribution is 9.10. The van der Waals surface area contributed by atoms with E-state index >= 15 is 0 Å². The minimum absolute atomic E-state index is 0.0394. The Labute approximate surface area is 122 Å². The minimum Gasteiger partial charge on any atom is -0.364 e. The molecule has 0 radical (unpaired) electrons. The van der Waals surface area contributed by atoms with Gasteiger partial charge >= 0.3 is 0 Å². The van der Waals surface area contributed by atoms with E-state index in [1.165, 1.54) is 31.3 Å². The lowest BCUT2D eigenvalue weighted by Crippen LogP contribution is -2.26. The van der Waals surface area contributed by atoms with Crippen LogP contribution in [0.1, 0.15) is 10.5 Å². The highest BCUT2D eigenvalue weighted by Crippen LogP contribution is 2.22. The number of halogens is 2. The van der Waals surface area contributed by atoms with Crippen LogP contribution in [0.15, 0.2) is 39.6 Å². The summed E-state index contributed by atoms with van der Waals surface area (Å²) in [6, 6.07) is 7.11. The van der Waals surface area contributed by atoms with Gasteiger partial charge in [0.25, 0.3) is 11.5 Å². The average Bonchev–Trinajstić information content (AvgIpc) is 2.36. The van der Waals surface area contributed by atoms with Gasteiger partial charge in [0.05, 0.1) is 5.69 Å². The quantitative estimate of drug-likeness (QED) is 0.899. The van der Waals surface area contributed by atoms with Crippen LogP contribution in [-0.4, -0.2) is 10.5 Å². The van der Waals surface area contributed by atoms with Crippen molar-refractivity contribution in [3.05, 3.63) is 56.7 Å². The SMILES string of the molecule is Cn1c(C(N)=O)cc(Nc2ccc(Br)cc2F)cc1=O. The van der Waals surface area contributed by atoms with Crippen LogP contribution in [0.2, 0.25) is 0 Å². The molecule has 0 aliphatic rings. The number of nitrogens with zero attached hydrogens (tertiary/aromatic N) is 1. The summed E-state index contributed by atoms with van der Waals surface area (Å²) >= 11 is 3.15. The maximum Gasteiger partial charge on any atom is 0.265 e. The summed E-state index contributed by atoms with van der Waals surface area (Å²) in [6.45, 7) is 0. The molecule has 0 saturated heterocycles. The Kier molecular flexibility index (Phi) is 3.89. The summed E-state index contributed by atoms with van der Waals surface area (Å²) in [5.74, 6) is -1.22. The third-order valence-electron chi connectivity index (χ3n) is 2.73. The predicted octanol–water partition coefficient (Wildman–Crippen LogP) is 2.13. The second-order valence-corrected chi connectivity index (χ2v) is 5.06. The number of rotatable bonds is 3. The molecule has 0 bridgehead atoms. The van der Waals surface area contributed by atoms with E-state index in [1.54, 1.807) is 6.07 Å². The normalized spacial score (nSPS) is 10.3. The Morgan fingerprint density at radius 2 is 2.05 bits per heavy atom. The van der Waals surface area contributed by atoms with Crippen LogP contribution in [0.4, 0.5) is 15.8 Å². The first-order valence-corrected chi connectivity index (χ1v) is 6.41. The molecular weight excluding hydrogens is 329 g/mol. The molecule has 1 aromatic carbocycles. The molecule has 3 N–H and O–H groups in total. The van der Waals surface area contributed by atoms with Gasteiger partial charge in [0.1, 0.15) is 11.5 Å². The summed E-state index contributed by atoms with van der Waals surface area (Å²) in [5.41, 5.74) is 5.30. The number of amides is 1. The monoisotopic (exact) mass is 339 g/mol. The molecule has 1 amide bonds. The third kappa shape index (κ3) is 2.88. The summed E-state index contributed by atoms with van der Waals surface area (Å²) in [6.07, 6.45) is 0. The van der Waals surface area contributed by atoms with Crippen LogP contribution in [-0.2, 0) is 7.05 Å². The fourth-order valence-electron chi connectivity index (χ4n) is 1.69. The van der Waals surface area contributed by atoms with Crippen LogP contribution in [0.5, 0.6) is 0 Å². The van der Waals surface area contributed by atoms with Crippen molar-refractivity contribution in [2.75, 3.05) is 5.32 Å². The lowest BCUT2D eigenvalue weighted by Gasteiger charge is -2.11. The van der Waals surface area contributed by atoms with E-state index in [0.717, 1.165) is 4.57 Å². The first-order chi connectivity index (χ1) is 9.38. The van der Waals surface area contributed by atoms with Crippen molar-refractivity contribution >= 4 is 33.2 Å². The van der Waals surface area contributed by atoms with Gasteiger partial charge in [-0.1, -0.05) is 15.9 Å². The Morgan fingerprint density at radius 1 is 1.35 bits per heavy atom. The smallest absolute Gasteiger partial charge is 0.265 e. The van der Waals surface area contributed by atoms with Crippen molar-refractivity contribution in [1.82, 2.24) is 4.57 Å². The molecule has 1 aromatic heterocycles. The topological polar surface area (TPSA) is 77.1 Å². The molecule has 0 atom stereocenters. The van der Waals surface area contributed by atoms with Crippen molar-refractivity contribution in [2.45, 2.75) is 0 Å². The number of aromatic nitrogens is 1. The number of nitrogens with two attached hydrogens (primary N) is 1. The Hall–Kier alpha value is -2.15. The van der Waals surface area contributed by atoms with Crippen molar-refractivity contribution in [1.29, 1.82) is 0 Å². The lowest BCUT2D eigenvalue weighted by atomic mass is 10.2. The average molecular weight is 340 g/mol. The number of pyridine rings is 1. The molecule has 20 heavy (non-hydrogen) atoms. The lowest BCUT2D eigenvalue weighted by molar-refractivity contribution is 0.0991. The van der Waals surface area contributed by atoms with Crippen LogP contribution >= 0.6 is 15.9 Å². The minimum atomic E-state index is -0.732. The molecule has 1 heterocycles. The van der Waals surface area contributed by atoms with E-state index in [1.807, 2.05) is 0 Å². The van der Waals surface area contributed by atoms with Crippen LogP contribution in [0, 0.1) is 5.82 Å². The summed E-state index contributed by atoms with van der Waals surface area (Å²) in [4.78, 5) is 23.0. The first kappa shape index (κ1) is 14.3. The Balaban J connectivity index is 2.44. The molecule has 0 fully saturated rings. The van der Waals surface area contributed by atoms with Gasteiger partial charge in [-0.2, -0.15) is 0 Å². The highest BCUT2D eigenvalue weighted by atomic mass is 79.9. The fourth-order valence-corrected chi connectivity index (χ4v) is 2.02. The number of carbonyl (C=O) groups excluding carboxylic acids is 1. The molecule has 0 saturated carbocycles. The highest BCUT2D eigenvalue weighted by Gasteiger charge is 2.10. The zero-order valence-electron chi connectivity index (χ0n) is 10.5. The summed E-state index contributed by atoms with van der Waals surface area (Å²) < 4.78 is 15.4. The maximum atomic E-state index is 13.7. The zero-order chi connectivity index (χ0) is 14.9. The van der Waals surface area contributed by atoms with Crippen molar-refractivity contribution in [3.63, 3.8) is 0 Å². The van der Waals surface area contributed by atoms with Gasteiger partial charge in [-0.25, -0.2) is 4.39 Å². The molecule has 104 valence electrons. The molecule has 5 nitrogen and oxygen atoms in total. The van der Waals surface area contributed by atoms with Gasteiger partial charge in [0, 0.05) is 23.3 Å². The van der Waals surface area contributed by atoms with Gasteiger partial charge in [0.15, 0.2) is 0 Å². The number of hydrogen-bond acceptors (Lipinski definition) is 3. The Bertz CT molecular complexity index is 743. The largest absolute Gasteiger partial charge is 0.364 e. The van der Waals surface area contributed by atoms with E-state index < -0.39 is 17.3 Å². The number of hydrogen-bond donors (Lipinski definition) is 2. The molecule has 0 aliphatic carbocycles. The summed E-state index contributed by atoms with van der Waals surface area (Å²) in [5, 5.41) is 2.75. The fraction of sp³-hybridized carbons (Fsp3) is 0.0769. The van der Waals surface area contributed by atoms with Crippen LogP contribution < -0.4 is 16.6 Å². The van der Waals surface area contributed by atoms with Gasteiger partial charge in [-0.15, -0.1) is 0 Å². The van der Waals surface area contributed by atoms with E-state index in [9.17, 15) is 14.0 Å². The van der Waals surface area contributed by atoms with Crippen LogP contribution in [0.3, 0.4) is 0 Å². The number of primary amides is 1. The second-order valence-electron chi connectivity index (χ2n) is 4.14. The number of anilines is 2. The second kappa shape index (κ2) is 5.46. The first-order valence-electron chi connectivity index (χ1n) is 5.61. The number of benzene rings is 1. The molecular formula is C13H11BrFN3O2. The van der Waals surface area contributed by atoms with Crippen molar-refractivity contribution < 1.29 is 9.18 Å². The molecule has 0 unspecified atom stereocenters. The van der Waals surface area contributed by atoms with Gasteiger partial charge < -0.3 is 15.6 Å². The van der Waals surface area contributed by atoms with Crippen molar-refractivity contribution in [2.24, 2.45) is 12.8 Å².